The van der Waals surface area contributed by atoms with Crippen LogP contribution >= 0.6 is 12.6 Å². The smallest absolute Gasteiger partial charge is 0.336 e. The van der Waals surface area contributed by atoms with Gasteiger partial charge < -0.3 is 10.0 Å². The highest BCUT2D eigenvalue weighted by molar-refractivity contribution is 7.89. The fraction of sp³-hybridized carbons (Fsp3) is 0.235. The van der Waals surface area contributed by atoms with E-state index in [9.17, 15) is 18.3 Å². The third kappa shape index (κ3) is 3.37. The Bertz CT molecular complexity index is 921. The lowest BCUT2D eigenvalue weighted by Crippen LogP contribution is -2.23. The second-order valence-electron chi connectivity index (χ2n) is 5.90. The number of anilines is 1. The van der Waals surface area contributed by atoms with Gasteiger partial charge in [0.05, 0.1) is 16.1 Å². The maximum absolute atomic E-state index is 12.2. The topological polar surface area (TPSA) is 101 Å². The molecule has 0 spiro atoms. The Kier molecular flexibility index (Phi) is 4.77. The van der Waals surface area contributed by atoms with Crippen molar-refractivity contribution in [1.82, 2.24) is 0 Å². The largest absolute Gasteiger partial charge is 0.478 e. The van der Waals surface area contributed by atoms with Crippen LogP contribution in [0.2, 0.25) is 0 Å². The molecule has 0 aromatic heterocycles. The van der Waals surface area contributed by atoms with Gasteiger partial charge in [-0.25, -0.2) is 18.4 Å². The summed E-state index contributed by atoms with van der Waals surface area (Å²) >= 11 is 4.43. The third-order valence-electron chi connectivity index (χ3n) is 4.26. The Morgan fingerprint density at radius 3 is 2.28 bits per heavy atom. The van der Waals surface area contributed by atoms with Crippen molar-refractivity contribution in [2.24, 2.45) is 5.14 Å². The summed E-state index contributed by atoms with van der Waals surface area (Å²) in [4.78, 5) is 13.6. The Morgan fingerprint density at radius 2 is 1.76 bits per heavy atom. The Labute approximate surface area is 151 Å². The lowest BCUT2D eigenvalue weighted by atomic mass is 10.00. The van der Waals surface area contributed by atoms with Gasteiger partial charge in [0.15, 0.2) is 0 Å². The summed E-state index contributed by atoms with van der Waals surface area (Å²) in [6, 6.07) is 10.1. The van der Waals surface area contributed by atoms with Gasteiger partial charge >= 0.3 is 5.97 Å². The summed E-state index contributed by atoms with van der Waals surface area (Å²) in [5.74, 6) is -1.24. The summed E-state index contributed by atoms with van der Waals surface area (Å²) in [5.41, 5.74) is 1.39. The molecule has 3 N–H and O–H groups in total. The molecule has 0 aliphatic carbocycles. The first-order valence-corrected chi connectivity index (χ1v) is 9.76. The average molecular weight is 378 g/mol. The fourth-order valence-electron chi connectivity index (χ4n) is 3.15. The van der Waals surface area contributed by atoms with Crippen molar-refractivity contribution in [3.8, 4) is 11.1 Å². The summed E-state index contributed by atoms with van der Waals surface area (Å²) in [6.45, 7) is 1.42. The number of carboxylic acid groups (broad SMARTS) is 1. The number of carbonyl (C=O) groups is 1. The zero-order chi connectivity index (χ0) is 18.2. The van der Waals surface area contributed by atoms with E-state index in [-0.39, 0.29) is 15.4 Å². The van der Waals surface area contributed by atoms with Gasteiger partial charge in [0, 0.05) is 23.5 Å². The van der Waals surface area contributed by atoms with Crippen molar-refractivity contribution in [2.75, 3.05) is 18.0 Å². The maximum Gasteiger partial charge on any atom is 0.336 e. The molecule has 0 bridgehead atoms. The van der Waals surface area contributed by atoms with Crippen LogP contribution < -0.4 is 10.0 Å². The lowest BCUT2D eigenvalue weighted by molar-refractivity contribution is 0.0693. The van der Waals surface area contributed by atoms with E-state index >= 15 is 0 Å². The molecule has 6 nitrogen and oxygen atoms in total. The van der Waals surface area contributed by atoms with Gasteiger partial charge in [0.25, 0.3) is 0 Å². The second kappa shape index (κ2) is 6.70. The monoisotopic (exact) mass is 378 g/mol. The minimum Gasteiger partial charge on any atom is -0.478 e. The van der Waals surface area contributed by atoms with Crippen LogP contribution in [0, 0.1) is 0 Å². The van der Waals surface area contributed by atoms with Crippen molar-refractivity contribution in [3.63, 3.8) is 0 Å². The van der Waals surface area contributed by atoms with Crippen LogP contribution in [0.25, 0.3) is 11.1 Å². The molecule has 2 aromatic rings. The molecule has 132 valence electrons. The van der Waals surface area contributed by atoms with Crippen molar-refractivity contribution >= 4 is 34.3 Å². The van der Waals surface area contributed by atoms with Crippen molar-refractivity contribution < 1.29 is 18.3 Å². The first-order chi connectivity index (χ1) is 11.8. The zero-order valence-electron chi connectivity index (χ0n) is 13.3. The zero-order valence-corrected chi connectivity index (χ0v) is 15.1. The van der Waals surface area contributed by atoms with Crippen molar-refractivity contribution in [1.29, 1.82) is 0 Å². The number of thiol groups is 1. The number of carboxylic acids is 1. The average Bonchev–Trinajstić information content (AvgIpc) is 3.07. The molecule has 25 heavy (non-hydrogen) atoms. The van der Waals surface area contributed by atoms with Crippen molar-refractivity contribution in [3.05, 3.63) is 42.0 Å². The first kappa shape index (κ1) is 17.8. The predicted octanol–water partition coefficient (Wildman–Crippen LogP) is 2.59. The minimum absolute atomic E-state index is 0.172. The van der Waals surface area contributed by atoms with Crippen LogP contribution in [0.4, 0.5) is 5.69 Å². The Balaban J connectivity index is 2.44. The van der Waals surface area contributed by atoms with Crippen LogP contribution in [0.3, 0.4) is 0 Å². The van der Waals surface area contributed by atoms with E-state index in [0.29, 0.717) is 29.9 Å². The SMILES string of the molecule is NS(=O)(=O)c1cc(C(=O)O)c(S)c(N2CCCC2)c1-c1ccccc1. The normalized spacial score (nSPS) is 14.7. The molecule has 3 rings (SSSR count). The number of hydrogen-bond donors (Lipinski definition) is 3. The van der Waals surface area contributed by atoms with E-state index in [1.54, 1.807) is 24.3 Å². The van der Waals surface area contributed by atoms with Crippen LogP contribution in [0.1, 0.15) is 23.2 Å². The molecule has 1 aliphatic heterocycles. The molecule has 0 atom stereocenters. The number of hydrogen-bond acceptors (Lipinski definition) is 5. The number of nitrogens with zero attached hydrogens (tertiary/aromatic N) is 1. The van der Waals surface area contributed by atoms with Gasteiger partial charge in [-0.15, -0.1) is 12.6 Å². The van der Waals surface area contributed by atoms with Crippen LogP contribution in [0.5, 0.6) is 0 Å². The van der Waals surface area contributed by atoms with E-state index in [0.717, 1.165) is 18.9 Å². The fourth-order valence-corrected chi connectivity index (χ4v) is 4.35. The van der Waals surface area contributed by atoms with E-state index in [1.165, 1.54) is 0 Å². The molecular formula is C17H18N2O4S2. The van der Waals surface area contributed by atoms with E-state index in [4.69, 9.17) is 5.14 Å². The highest BCUT2D eigenvalue weighted by Crippen LogP contribution is 2.43. The molecule has 0 saturated carbocycles. The first-order valence-electron chi connectivity index (χ1n) is 7.77. The summed E-state index contributed by atoms with van der Waals surface area (Å²) in [7, 11) is -4.13. The van der Waals surface area contributed by atoms with Gasteiger partial charge in [0.2, 0.25) is 10.0 Å². The molecule has 0 unspecified atom stereocenters. The number of sulfonamides is 1. The van der Waals surface area contributed by atoms with Crippen LogP contribution in [0.15, 0.2) is 46.2 Å². The molecule has 1 heterocycles. The van der Waals surface area contributed by atoms with Crippen molar-refractivity contribution in [2.45, 2.75) is 22.6 Å². The van der Waals surface area contributed by atoms with Gasteiger partial charge in [-0.3, -0.25) is 0 Å². The predicted molar refractivity (Wildman–Crippen MR) is 98.9 cm³/mol. The van der Waals surface area contributed by atoms with Gasteiger partial charge in [-0.2, -0.15) is 0 Å². The van der Waals surface area contributed by atoms with E-state index in [2.05, 4.69) is 12.6 Å². The molecule has 8 heteroatoms. The molecule has 1 fully saturated rings. The third-order valence-corrected chi connectivity index (χ3v) is 5.65. The highest BCUT2D eigenvalue weighted by atomic mass is 32.2. The Hall–Kier alpha value is -2.03. The lowest BCUT2D eigenvalue weighted by Gasteiger charge is -2.26. The Morgan fingerprint density at radius 1 is 1.16 bits per heavy atom. The highest BCUT2D eigenvalue weighted by Gasteiger charge is 2.29. The minimum atomic E-state index is -4.13. The van der Waals surface area contributed by atoms with E-state index < -0.39 is 16.0 Å². The number of nitrogens with two attached hydrogens (primary N) is 1. The molecule has 2 aromatic carbocycles. The maximum atomic E-state index is 12.2. The standard InChI is InChI=1S/C17H18N2O4S2/c18-25(22,23)13-10-12(17(20)21)16(24)15(19-8-4-5-9-19)14(13)11-6-2-1-3-7-11/h1-3,6-7,10,24H,4-5,8-9H2,(H,20,21)(H2,18,22,23). The molecule has 1 aliphatic rings. The summed E-state index contributed by atoms with van der Waals surface area (Å²) in [6.07, 6.45) is 1.90. The molecular weight excluding hydrogens is 360 g/mol. The number of aromatic carboxylic acids is 1. The molecule has 0 radical (unpaired) electrons. The summed E-state index contributed by atoms with van der Waals surface area (Å²) < 4.78 is 24.4. The molecule has 0 amide bonds. The molecule has 1 saturated heterocycles. The van der Waals surface area contributed by atoms with E-state index in [1.807, 2.05) is 11.0 Å². The number of benzene rings is 2. The quantitative estimate of drug-likeness (QED) is 0.710. The number of primary sulfonamides is 1. The van der Waals surface area contributed by atoms with Gasteiger partial charge in [-0.05, 0) is 24.5 Å². The van der Waals surface area contributed by atoms with Gasteiger partial charge in [-0.1, -0.05) is 30.3 Å². The second-order valence-corrected chi connectivity index (χ2v) is 7.88. The van der Waals surface area contributed by atoms with Crippen LogP contribution in [-0.4, -0.2) is 32.6 Å². The van der Waals surface area contributed by atoms with Crippen LogP contribution in [-0.2, 0) is 10.0 Å². The van der Waals surface area contributed by atoms with Gasteiger partial charge in [0.1, 0.15) is 0 Å². The summed E-state index contributed by atoms with van der Waals surface area (Å²) in [5, 5.41) is 14.9. The number of rotatable bonds is 4.